The number of hydrogen-bond acceptors (Lipinski definition) is 6. The Labute approximate surface area is 105 Å². The highest BCUT2D eigenvalue weighted by atomic mass is 16.6. The zero-order valence-electron chi connectivity index (χ0n) is 10.3. The maximum atomic E-state index is 10.9. The molecule has 18 heavy (non-hydrogen) atoms. The minimum absolute atomic E-state index is 0.0782. The summed E-state index contributed by atoms with van der Waals surface area (Å²) in [5.74, 6) is 1.22. The van der Waals surface area contributed by atoms with E-state index in [2.05, 4.69) is 20.5 Å². The Bertz CT molecular complexity index is 431. The first-order valence-electron chi connectivity index (χ1n) is 6.06. The first-order chi connectivity index (χ1) is 8.70. The van der Waals surface area contributed by atoms with Crippen LogP contribution in [0.25, 0.3) is 0 Å². The minimum atomic E-state index is -0.381. The molecule has 1 aliphatic rings. The highest BCUT2D eigenvalue weighted by molar-refractivity contribution is 5.56. The van der Waals surface area contributed by atoms with Gasteiger partial charge in [-0.25, -0.2) is 4.98 Å². The Kier molecular flexibility index (Phi) is 3.93. The molecule has 0 radical (unpaired) electrons. The van der Waals surface area contributed by atoms with E-state index in [1.807, 2.05) is 6.92 Å². The van der Waals surface area contributed by atoms with E-state index in [1.165, 1.54) is 12.1 Å². The molecule has 0 unspecified atom stereocenters. The number of aromatic nitrogens is 1. The van der Waals surface area contributed by atoms with Crippen molar-refractivity contribution in [2.24, 2.45) is 0 Å². The summed E-state index contributed by atoms with van der Waals surface area (Å²) in [6.07, 6.45) is 0. The van der Waals surface area contributed by atoms with Gasteiger partial charge >= 0.3 is 0 Å². The molecule has 0 bridgehead atoms. The van der Waals surface area contributed by atoms with E-state index < -0.39 is 0 Å². The van der Waals surface area contributed by atoms with Crippen molar-refractivity contribution in [2.75, 3.05) is 42.9 Å². The molecule has 0 atom stereocenters. The molecule has 7 heteroatoms. The number of pyridine rings is 1. The van der Waals surface area contributed by atoms with E-state index in [1.54, 1.807) is 0 Å². The number of nitrogens with zero attached hydrogens (tertiary/aromatic N) is 3. The number of hydrogen-bond donors (Lipinski definition) is 2. The van der Waals surface area contributed by atoms with E-state index in [-0.39, 0.29) is 10.6 Å². The standard InChI is InChI=1S/C11H17N5O2/c1-2-13-10-7-9(16(17)18)8-11(14-10)15-5-3-12-4-6-15/h7-8,12H,2-6H2,1H3,(H,13,14). The first-order valence-corrected chi connectivity index (χ1v) is 6.06. The smallest absolute Gasteiger partial charge is 0.276 e. The van der Waals surface area contributed by atoms with Crippen molar-refractivity contribution in [3.8, 4) is 0 Å². The molecule has 2 N–H and O–H groups in total. The van der Waals surface area contributed by atoms with Gasteiger partial charge in [-0.2, -0.15) is 0 Å². The largest absolute Gasteiger partial charge is 0.370 e. The summed E-state index contributed by atoms with van der Waals surface area (Å²) in [5.41, 5.74) is 0.0782. The molecule has 1 aromatic rings. The van der Waals surface area contributed by atoms with Crippen LogP contribution in [0.5, 0.6) is 0 Å². The number of anilines is 2. The third-order valence-electron chi connectivity index (χ3n) is 2.81. The number of rotatable bonds is 4. The van der Waals surface area contributed by atoms with Crippen molar-refractivity contribution in [1.29, 1.82) is 0 Å². The van der Waals surface area contributed by atoms with Crippen LogP contribution >= 0.6 is 0 Å². The van der Waals surface area contributed by atoms with Crippen molar-refractivity contribution >= 4 is 17.3 Å². The van der Waals surface area contributed by atoms with Gasteiger partial charge in [-0.15, -0.1) is 0 Å². The van der Waals surface area contributed by atoms with Crippen molar-refractivity contribution in [1.82, 2.24) is 10.3 Å². The molecule has 98 valence electrons. The van der Waals surface area contributed by atoms with Gasteiger partial charge < -0.3 is 15.5 Å². The topological polar surface area (TPSA) is 83.3 Å². The average Bonchev–Trinajstić information content (AvgIpc) is 2.40. The summed E-state index contributed by atoms with van der Waals surface area (Å²) in [5, 5.41) is 17.2. The molecule has 1 aromatic heterocycles. The maximum absolute atomic E-state index is 10.9. The van der Waals surface area contributed by atoms with Gasteiger partial charge in [0, 0.05) is 32.7 Å². The van der Waals surface area contributed by atoms with Crippen LogP contribution in [0.15, 0.2) is 12.1 Å². The quantitative estimate of drug-likeness (QED) is 0.609. The van der Waals surface area contributed by atoms with Gasteiger partial charge in [-0.3, -0.25) is 10.1 Å². The fourth-order valence-corrected chi connectivity index (χ4v) is 1.93. The predicted molar refractivity (Wildman–Crippen MR) is 70.1 cm³/mol. The van der Waals surface area contributed by atoms with Crippen LogP contribution in [0.3, 0.4) is 0 Å². The first kappa shape index (κ1) is 12.6. The molecule has 0 saturated carbocycles. The molecule has 0 spiro atoms. The van der Waals surface area contributed by atoms with E-state index in [4.69, 9.17) is 0 Å². The molecule has 2 rings (SSSR count). The summed E-state index contributed by atoms with van der Waals surface area (Å²) < 4.78 is 0. The molecule has 1 saturated heterocycles. The second kappa shape index (κ2) is 5.63. The lowest BCUT2D eigenvalue weighted by molar-refractivity contribution is -0.384. The molecular weight excluding hydrogens is 234 g/mol. The fourth-order valence-electron chi connectivity index (χ4n) is 1.93. The molecule has 7 nitrogen and oxygen atoms in total. The van der Waals surface area contributed by atoms with E-state index in [0.29, 0.717) is 18.2 Å². The number of piperazine rings is 1. The van der Waals surface area contributed by atoms with E-state index in [9.17, 15) is 10.1 Å². The van der Waals surface area contributed by atoms with Crippen molar-refractivity contribution in [2.45, 2.75) is 6.92 Å². The monoisotopic (exact) mass is 251 g/mol. The van der Waals surface area contributed by atoms with Gasteiger partial charge in [0.25, 0.3) is 5.69 Å². The molecule has 0 amide bonds. The zero-order valence-corrected chi connectivity index (χ0v) is 10.3. The molecular formula is C11H17N5O2. The average molecular weight is 251 g/mol. The van der Waals surface area contributed by atoms with Gasteiger partial charge in [0.15, 0.2) is 0 Å². The summed E-state index contributed by atoms with van der Waals surface area (Å²) in [4.78, 5) is 17.0. The van der Waals surface area contributed by atoms with Gasteiger partial charge in [-0.05, 0) is 6.92 Å². The summed E-state index contributed by atoms with van der Waals surface area (Å²) in [6, 6.07) is 3.00. The maximum Gasteiger partial charge on any atom is 0.276 e. The van der Waals surface area contributed by atoms with Crippen LogP contribution in [0.1, 0.15) is 6.92 Å². The van der Waals surface area contributed by atoms with Gasteiger partial charge in [-0.1, -0.05) is 0 Å². The summed E-state index contributed by atoms with van der Waals surface area (Å²) in [7, 11) is 0. The van der Waals surface area contributed by atoms with Gasteiger partial charge in [0.1, 0.15) is 11.6 Å². The van der Waals surface area contributed by atoms with E-state index >= 15 is 0 Å². The fraction of sp³-hybridized carbons (Fsp3) is 0.545. The van der Waals surface area contributed by atoms with Crippen molar-refractivity contribution in [3.05, 3.63) is 22.2 Å². The lowest BCUT2D eigenvalue weighted by Crippen LogP contribution is -2.43. The normalized spacial score (nSPS) is 15.5. The highest BCUT2D eigenvalue weighted by Gasteiger charge is 2.17. The second-order valence-electron chi connectivity index (χ2n) is 4.09. The third kappa shape index (κ3) is 2.86. The van der Waals surface area contributed by atoms with Crippen LogP contribution in [-0.4, -0.2) is 42.6 Å². The minimum Gasteiger partial charge on any atom is -0.370 e. The lowest BCUT2D eigenvalue weighted by atomic mass is 10.3. The predicted octanol–water partition coefficient (Wildman–Crippen LogP) is 0.831. The Hall–Kier alpha value is -1.89. The van der Waals surface area contributed by atoms with Crippen LogP contribution in [0, 0.1) is 10.1 Å². The summed E-state index contributed by atoms with van der Waals surface area (Å²) >= 11 is 0. The Morgan fingerprint density at radius 3 is 2.83 bits per heavy atom. The van der Waals surface area contributed by atoms with Gasteiger partial charge in [0.05, 0.1) is 17.1 Å². The number of nitrogens with one attached hydrogen (secondary N) is 2. The van der Waals surface area contributed by atoms with Gasteiger partial charge in [0.2, 0.25) is 0 Å². The van der Waals surface area contributed by atoms with Crippen molar-refractivity contribution < 1.29 is 4.92 Å². The molecule has 2 heterocycles. The Balaban J connectivity index is 2.29. The second-order valence-corrected chi connectivity index (χ2v) is 4.09. The van der Waals surface area contributed by atoms with Crippen LogP contribution < -0.4 is 15.5 Å². The third-order valence-corrected chi connectivity index (χ3v) is 2.81. The Morgan fingerprint density at radius 1 is 1.50 bits per heavy atom. The lowest BCUT2D eigenvalue weighted by Gasteiger charge is -2.28. The Morgan fingerprint density at radius 2 is 2.22 bits per heavy atom. The molecule has 0 aromatic carbocycles. The van der Waals surface area contributed by atoms with Crippen molar-refractivity contribution in [3.63, 3.8) is 0 Å². The van der Waals surface area contributed by atoms with Crippen LogP contribution in [0.2, 0.25) is 0 Å². The summed E-state index contributed by atoms with van der Waals surface area (Å²) in [6.45, 7) is 6.02. The van der Waals surface area contributed by atoms with Crippen LogP contribution in [0.4, 0.5) is 17.3 Å². The highest BCUT2D eigenvalue weighted by Crippen LogP contribution is 2.23. The van der Waals surface area contributed by atoms with Crippen LogP contribution in [-0.2, 0) is 0 Å². The number of nitro groups is 1. The molecule has 1 aliphatic heterocycles. The molecule has 1 fully saturated rings. The van der Waals surface area contributed by atoms with E-state index in [0.717, 1.165) is 26.2 Å². The molecule has 0 aliphatic carbocycles. The SMILES string of the molecule is CCNc1cc([N+](=O)[O-])cc(N2CCNCC2)n1. The zero-order chi connectivity index (χ0) is 13.0.